The summed E-state index contributed by atoms with van der Waals surface area (Å²) in [7, 11) is 0. The van der Waals surface area contributed by atoms with Crippen molar-refractivity contribution in [3.05, 3.63) is 58.6 Å². The zero-order valence-corrected chi connectivity index (χ0v) is 10.1. The molecule has 2 aromatic carbocycles. The Morgan fingerprint density at radius 2 is 1.69 bits per heavy atom. The van der Waals surface area contributed by atoms with Gasteiger partial charge in [0, 0.05) is 5.02 Å². The molecule has 16 heavy (non-hydrogen) atoms. The summed E-state index contributed by atoms with van der Waals surface area (Å²) >= 11 is 6.03. The van der Waals surface area contributed by atoms with Gasteiger partial charge in [0.2, 0.25) is 0 Å². The topological polar surface area (TPSA) is 9.23 Å². The van der Waals surface area contributed by atoms with Gasteiger partial charge < -0.3 is 4.74 Å². The van der Waals surface area contributed by atoms with Crippen LogP contribution in [0.2, 0.25) is 5.02 Å². The van der Waals surface area contributed by atoms with Crippen LogP contribution >= 0.6 is 11.6 Å². The Kier molecular flexibility index (Phi) is 3.16. The van der Waals surface area contributed by atoms with Crippen LogP contribution < -0.4 is 4.74 Å². The van der Waals surface area contributed by atoms with E-state index in [9.17, 15) is 0 Å². The Bertz CT molecular complexity index is 506. The minimum Gasteiger partial charge on any atom is -0.457 e. The third-order valence-corrected chi connectivity index (χ3v) is 2.78. The standard InChI is InChI=1S/C14H13ClO/c1-10-4-3-5-12(8-10)16-13-7-6-11(2)14(15)9-13/h3-9H,1-2H3. The van der Waals surface area contributed by atoms with Crippen LogP contribution in [0, 0.1) is 13.8 Å². The summed E-state index contributed by atoms with van der Waals surface area (Å²) in [5, 5.41) is 0.727. The summed E-state index contributed by atoms with van der Waals surface area (Å²) in [4.78, 5) is 0. The SMILES string of the molecule is Cc1cccc(Oc2ccc(C)c(Cl)c2)c1. The second-order valence-corrected chi connectivity index (χ2v) is 4.24. The van der Waals surface area contributed by atoms with Crippen molar-refractivity contribution in [1.29, 1.82) is 0 Å². The molecule has 0 atom stereocenters. The highest BCUT2D eigenvalue weighted by molar-refractivity contribution is 6.31. The van der Waals surface area contributed by atoms with Crippen molar-refractivity contribution in [3.63, 3.8) is 0 Å². The van der Waals surface area contributed by atoms with Gasteiger partial charge in [-0.3, -0.25) is 0 Å². The highest BCUT2D eigenvalue weighted by Gasteiger charge is 2.00. The average Bonchev–Trinajstić information content (AvgIpc) is 2.24. The van der Waals surface area contributed by atoms with Crippen LogP contribution in [0.3, 0.4) is 0 Å². The lowest BCUT2D eigenvalue weighted by molar-refractivity contribution is 0.482. The summed E-state index contributed by atoms with van der Waals surface area (Å²) in [5.41, 5.74) is 2.23. The molecule has 0 fully saturated rings. The van der Waals surface area contributed by atoms with Crippen LogP contribution in [0.4, 0.5) is 0 Å². The van der Waals surface area contributed by atoms with Gasteiger partial charge >= 0.3 is 0 Å². The molecule has 2 heteroatoms. The molecule has 0 aliphatic carbocycles. The maximum absolute atomic E-state index is 6.03. The Labute approximate surface area is 101 Å². The first-order chi connectivity index (χ1) is 7.65. The van der Waals surface area contributed by atoms with E-state index in [0.717, 1.165) is 22.1 Å². The lowest BCUT2D eigenvalue weighted by Gasteiger charge is -2.07. The van der Waals surface area contributed by atoms with Crippen LogP contribution in [0.5, 0.6) is 11.5 Å². The van der Waals surface area contributed by atoms with Crippen LogP contribution in [-0.4, -0.2) is 0 Å². The molecule has 0 aliphatic heterocycles. The van der Waals surface area contributed by atoms with Crippen LogP contribution in [0.15, 0.2) is 42.5 Å². The van der Waals surface area contributed by atoms with E-state index in [2.05, 4.69) is 0 Å². The Morgan fingerprint density at radius 3 is 2.38 bits per heavy atom. The van der Waals surface area contributed by atoms with E-state index in [-0.39, 0.29) is 0 Å². The maximum Gasteiger partial charge on any atom is 0.128 e. The monoisotopic (exact) mass is 232 g/mol. The first kappa shape index (κ1) is 11.0. The summed E-state index contributed by atoms with van der Waals surface area (Å²) < 4.78 is 5.71. The van der Waals surface area contributed by atoms with Gasteiger partial charge in [-0.1, -0.05) is 29.8 Å². The molecule has 0 N–H and O–H groups in total. The molecule has 0 saturated carbocycles. The van der Waals surface area contributed by atoms with E-state index in [1.807, 2.05) is 56.3 Å². The van der Waals surface area contributed by atoms with Gasteiger partial charge in [-0.05, 0) is 49.2 Å². The normalized spacial score (nSPS) is 10.2. The molecule has 0 aliphatic rings. The largest absolute Gasteiger partial charge is 0.457 e. The zero-order valence-electron chi connectivity index (χ0n) is 9.33. The van der Waals surface area contributed by atoms with Crippen molar-refractivity contribution in [3.8, 4) is 11.5 Å². The number of ether oxygens (including phenoxy) is 1. The summed E-state index contributed by atoms with van der Waals surface area (Å²) in [6, 6.07) is 13.6. The first-order valence-corrected chi connectivity index (χ1v) is 5.53. The van der Waals surface area contributed by atoms with Crippen molar-refractivity contribution in [2.75, 3.05) is 0 Å². The Balaban J connectivity index is 2.24. The molecule has 1 nitrogen and oxygen atoms in total. The molecule has 0 radical (unpaired) electrons. The first-order valence-electron chi connectivity index (χ1n) is 5.16. The van der Waals surface area contributed by atoms with E-state index in [1.165, 1.54) is 5.56 Å². The van der Waals surface area contributed by atoms with E-state index < -0.39 is 0 Å². The van der Waals surface area contributed by atoms with Crippen molar-refractivity contribution in [2.45, 2.75) is 13.8 Å². The van der Waals surface area contributed by atoms with E-state index in [4.69, 9.17) is 16.3 Å². The number of aryl methyl sites for hydroxylation is 2. The average molecular weight is 233 g/mol. The van der Waals surface area contributed by atoms with Gasteiger partial charge in [-0.15, -0.1) is 0 Å². The minimum atomic E-state index is 0.727. The molecule has 0 aromatic heterocycles. The lowest BCUT2D eigenvalue weighted by atomic mass is 10.2. The molecule has 82 valence electrons. The predicted octanol–water partition coefficient (Wildman–Crippen LogP) is 4.75. The second kappa shape index (κ2) is 4.58. The van der Waals surface area contributed by atoms with Gasteiger partial charge in [-0.2, -0.15) is 0 Å². The van der Waals surface area contributed by atoms with Crippen molar-refractivity contribution < 1.29 is 4.74 Å². The van der Waals surface area contributed by atoms with Gasteiger partial charge in [0.05, 0.1) is 0 Å². The molecular weight excluding hydrogens is 220 g/mol. The van der Waals surface area contributed by atoms with Gasteiger partial charge in [0.1, 0.15) is 11.5 Å². The number of hydrogen-bond acceptors (Lipinski definition) is 1. The van der Waals surface area contributed by atoms with Crippen molar-refractivity contribution >= 4 is 11.6 Å². The fourth-order valence-electron chi connectivity index (χ4n) is 1.45. The van der Waals surface area contributed by atoms with Gasteiger partial charge in [0.25, 0.3) is 0 Å². The van der Waals surface area contributed by atoms with E-state index in [0.29, 0.717) is 0 Å². The lowest BCUT2D eigenvalue weighted by Crippen LogP contribution is -1.85. The molecule has 0 unspecified atom stereocenters. The predicted molar refractivity (Wildman–Crippen MR) is 67.4 cm³/mol. The molecule has 2 aromatic rings. The molecular formula is C14H13ClO. The Hall–Kier alpha value is -1.47. The van der Waals surface area contributed by atoms with Gasteiger partial charge in [0.15, 0.2) is 0 Å². The molecule has 0 bridgehead atoms. The van der Waals surface area contributed by atoms with Crippen LogP contribution in [-0.2, 0) is 0 Å². The third-order valence-electron chi connectivity index (χ3n) is 2.37. The molecule has 2 rings (SSSR count). The zero-order chi connectivity index (χ0) is 11.5. The summed E-state index contributed by atoms with van der Waals surface area (Å²) in [5.74, 6) is 1.60. The quantitative estimate of drug-likeness (QED) is 0.726. The number of halogens is 1. The number of benzene rings is 2. The van der Waals surface area contributed by atoms with Gasteiger partial charge in [-0.25, -0.2) is 0 Å². The number of rotatable bonds is 2. The molecule has 0 heterocycles. The molecule has 0 spiro atoms. The molecule has 0 amide bonds. The van der Waals surface area contributed by atoms with E-state index >= 15 is 0 Å². The van der Waals surface area contributed by atoms with Crippen molar-refractivity contribution in [1.82, 2.24) is 0 Å². The smallest absolute Gasteiger partial charge is 0.128 e. The fourth-order valence-corrected chi connectivity index (χ4v) is 1.62. The third kappa shape index (κ3) is 2.56. The highest BCUT2D eigenvalue weighted by Crippen LogP contribution is 2.26. The minimum absolute atomic E-state index is 0.727. The highest BCUT2D eigenvalue weighted by atomic mass is 35.5. The number of hydrogen-bond donors (Lipinski definition) is 0. The van der Waals surface area contributed by atoms with Crippen LogP contribution in [0.25, 0.3) is 0 Å². The van der Waals surface area contributed by atoms with Crippen molar-refractivity contribution in [2.24, 2.45) is 0 Å². The maximum atomic E-state index is 6.03. The summed E-state index contributed by atoms with van der Waals surface area (Å²) in [6.07, 6.45) is 0. The Morgan fingerprint density at radius 1 is 0.938 bits per heavy atom. The second-order valence-electron chi connectivity index (χ2n) is 3.83. The summed E-state index contributed by atoms with van der Waals surface area (Å²) in [6.45, 7) is 4.01. The van der Waals surface area contributed by atoms with E-state index in [1.54, 1.807) is 0 Å². The fraction of sp³-hybridized carbons (Fsp3) is 0.143. The molecule has 0 saturated heterocycles. The van der Waals surface area contributed by atoms with Crippen LogP contribution in [0.1, 0.15) is 11.1 Å².